The molecule has 3 heteroatoms. The van der Waals surface area contributed by atoms with Gasteiger partial charge in [0.15, 0.2) is 0 Å². The van der Waals surface area contributed by atoms with Crippen molar-refractivity contribution in [3.05, 3.63) is 24.8 Å². The summed E-state index contributed by atoms with van der Waals surface area (Å²) in [7, 11) is 2.34. The Hall–Kier alpha value is -0.170. The number of allylic oxidation sites excluding steroid dienone is 1. The van der Waals surface area contributed by atoms with Crippen molar-refractivity contribution in [3.8, 4) is 0 Å². The van der Waals surface area contributed by atoms with Crippen LogP contribution in [0.25, 0.3) is 0 Å². The Morgan fingerprint density at radius 1 is 1.20 bits per heavy atom. The molecule has 0 heterocycles. The van der Waals surface area contributed by atoms with Gasteiger partial charge < -0.3 is 9.63 Å². The van der Waals surface area contributed by atoms with Gasteiger partial charge in [0.1, 0.15) is 0 Å². The topological polar surface area (TPSA) is 29.5 Å². The first-order valence-corrected chi connectivity index (χ1v) is 7.74. The lowest BCUT2D eigenvalue weighted by atomic mass is 9.71. The molecule has 0 saturated carbocycles. The maximum absolute atomic E-state index is 10.8. The summed E-state index contributed by atoms with van der Waals surface area (Å²) in [5, 5.41) is 10.8. The Morgan fingerprint density at radius 3 is 2.00 bits per heavy atom. The van der Waals surface area contributed by atoms with Gasteiger partial charge in [-0.2, -0.15) is 0 Å². The van der Waals surface area contributed by atoms with Crippen LogP contribution in [0.5, 0.6) is 0 Å². The molecule has 2 nitrogen and oxygen atoms in total. The van der Waals surface area contributed by atoms with Crippen molar-refractivity contribution in [1.82, 2.24) is 0 Å². The van der Waals surface area contributed by atoms with Gasteiger partial charge in [0, 0.05) is 9.47 Å². The molecule has 0 bridgehead atoms. The second-order valence-corrected chi connectivity index (χ2v) is 8.16. The van der Waals surface area contributed by atoms with Crippen molar-refractivity contribution < 1.29 is 9.63 Å². The second-order valence-electron chi connectivity index (χ2n) is 7.89. The number of hydrogen-bond acceptors (Lipinski definition) is 2. The van der Waals surface area contributed by atoms with Crippen LogP contribution in [0.2, 0.25) is 0 Å². The van der Waals surface area contributed by atoms with E-state index in [-0.39, 0.29) is 22.9 Å². The normalized spacial score (nSPS) is 19.6. The fraction of sp³-hybridized carbons (Fsp3) is 0.765. The van der Waals surface area contributed by atoms with E-state index >= 15 is 0 Å². The summed E-state index contributed by atoms with van der Waals surface area (Å²) in [6.07, 6.45) is 6.49. The Balaban J connectivity index is 5.00. The van der Waals surface area contributed by atoms with E-state index in [0.29, 0.717) is 6.42 Å². The summed E-state index contributed by atoms with van der Waals surface area (Å²) in [5.74, 6) is 0.188. The Bertz CT molecular complexity index is 336. The van der Waals surface area contributed by atoms with Gasteiger partial charge in [0.05, 0.1) is 11.7 Å². The van der Waals surface area contributed by atoms with E-state index in [0.717, 1.165) is 0 Å². The number of aliphatic hydroxyl groups is 1. The van der Waals surface area contributed by atoms with Crippen LogP contribution >= 0.6 is 9.47 Å². The van der Waals surface area contributed by atoms with Crippen molar-refractivity contribution in [2.45, 2.75) is 66.6 Å². The summed E-state index contributed by atoms with van der Waals surface area (Å²) in [4.78, 5) is 0. The molecule has 0 saturated heterocycles. The highest BCUT2D eigenvalue weighted by Gasteiger charge is 2.39. The van der Waals surface area contributed by atoms with Crippen molar-refractivity contribution in [3.63, 3.8) is 0 Å². The molecule has 4 atom stereocenters. The molecule has 1 N–H and O–H groups in total. The molecule has 0 aromatic carbocycles. The van der Waals surface area contributed by atoms with E-state index < -0.39 is 5.60 Å². The van der Waals surface area contributed by atoms with Crippen LogP contribution in [0.3, 0.4) is 0 Å². The van der Waals surface area contributed by atoms with Gasteiger partial charge in [-0.05, 0) is 23.2 Å². The smallest absolute Gasteiger partial charge is 0.0876 e. The highest BCUT2D eigenvalue weighted by Crippen LogP contribution is 2.38. The quantitative estimate of drug-likeness (QED) is 0.566. The minimum Gasteiger partial charge on any atom is -0.385 e. The van der Waals surface area contributed by atoms with Gasteiger partial charge in [-0.15, -0.1) is 6.58 Å². The third-order valence-corrected chi connectivity index (χ3v) is 4.09. The maximum Gasteiger partial charge on any atom is 0.0876 e. The van der Waals surface area contributed by atoms with Crippen LogP contribution in [0.15, 0.2) is 24.8 Å². The second kappa shape index (κ2) is 7.20. The lowest BCUT2D eigenvalue weighted by molar-refractivity contribution is -0.0391. The Labute approximate surface area is 128 Å². The largest absolute Gasteiger partial charge is 0.385 e. The SMILES string of the molecule is C=C[C@@](O)(C[C@@H](C)[C@H](C=CC(C)(C)C)OP)C(C)(C)C. The molecule has 20 heavy (non-hydrogen) atoms. The first-order chi connectivity index (χ1) is 8.86. The van der Waals surface area contributed by atoms with E-state index in [1.807, 2.05) is 20.8 Å². The van der Waals surface area contributed by atoms with Crippen molar-refractivity contribution in [2.24, 2.45) is 16.7 Å². The van der Waals surface area contributed by atoms with E-state index in [1.54, 1.807) is 6.08 Å². The lowest BCUT2D eigenvalue weighted by Gasteiger charge is -2.40. The lowest BCUT2D eigenvalue weighted by Crippen LogP contribution is -2.43. The summed E-state index contributed by atoms with van der Waals surface area (Å²) < 4.78 is 5.50. The summed E-state index contributed by atoms with van der Waals surface area (Å²) >= 11 is 0. The molecular weight excluding hydrogens is 267 g/mol. The first kappa shape index (κ1) is 19.8. The van der Waals surface area contributed by atoms with Crippen LogP contribution < -0.4 is 0 Å². The zero-order valence-electron chi connectivity index (χ0n) is 14.2. The van der Waals surface area contributed by atoms with Gasteiger partial charge in [0.25, 0.3) is 0 Å². The van der Waals surface area contributed by atoms with Crippen LogP contribution in [0, 0.1) is 16.7 Å². The highest BCUT2D eigenvalue weighted by molar-refractivity contribution is 7.09. The monoisotopic (exact) mass is 300 g/mol. The molecule has 0 aromatic rings. The van der Waals surface area contributed by atoms with Crippen molar-refractivity contribution >= 4 is 9.47 Å². The molecule has 0 aliphatic rings. The molecule has 118 valence electrons. The molecule has 0 radical (unpaired) electrons. The predicted molar refractivity (Wildman–Crippen MR) is 91.6 cm³/mol. The molecule has 0 aliphatic heterocycles. The zero-order valence-corrected chi connectivity index (χ0v) is 15.4. The fourth-order valence-corrected chi connectivity index (χ4v) is 2.41. The molecule has 0 amide bonds. The van der Waals surface area contributed by atoms with Crippen molar-refractivity contribution in [2.75, 3.05) is 0 Å². The molecule has 0 aromatic heterocycles. The van der Waals surface area contributed by atoms with Crippen LogP contribution in [-0.2, 0) is 4.52 Å². The van der Waals surface area contributed by atoms with E-state index in [9.17, 15) is 5.11 Å². The minimum atomic E-state index is -0.899. The minimum absolute atomic E-state index is 0.0342. The Kier molecular flexibility index (Phi) is 7.14. The molecule has 0 fully saturated rings. The van der Waals surface area contributed by atoms with Crippen LogP contribution in [0.4, 0.5) is 0 Å². The predicted octanol–water partition coefficient (Wildman–Crippen LogP) is 4.75. The van der Waals surface area contributed by atoms with Crippen LogP contribution in [-0.4, -0.2) is 16.8 Å². The standard InChI is InChI=1S/C17H33O2P/c1-9-17(18,16(6,7)8)12-13(2)14(19-20)10-11-15(3,4)5/h9-11,13-14,18H,1,12,20H2,2-8H3/t13-,14+,17-/m1/s1. The average molecular weight is 300 g/mol. The van der Waals surface area contributed by atoms with E-state index in [1.165, 1.54) is 0 Å². The molecule has 0 rings (SSSR count). The fourth-order valence-electron chi connectivity index (χ4n) is 2.06. The van der Waals surface area contributed by atoms with Gasteiger partial charge in [-0.25, -0.2) is 0 Å². The highest BCUT2D eigenvalue weighted by atomic mass is 31.0. The third-order valence-electron chi connectivity index (χ3n) is 3.77. The van der Waals surface area contributed by atoms with Gasteiger partial charge in [-0.1, -0.05) is 66.7 Å². The van der Waals surface area contributed by atoms with Gasteiger partial charge in [0.2, 0.25) is 0 Å². The van der Waals surface area contributed by atoms with E-state index in [2.05, 4.69) is 55.9 Å². The zero-order chi connectivity index (χ0) is 16.2. The third kappa shape index (κ3) is 6.08. The van der Waals surface area contributed by atoms with Gasteiger partial charge in [-0.3, -0.25) is 0 Å². The molecule has 1 unspecified atom stereocenters. The van der Waals surface area contributed by atoms with Crippen molar-refractivity contribution in [1.29, 1.82) is 0 Å². The number of hydrogen-bond donors (Lipinski definition) is 1. The van der Waals surface area contributed by atoms with E-state index in [4.69, 9.17) is 4.52 Å². The average Bonchev–Trinajstić information content (AvgIpc) is 2.26. The summed E-state index contributed by atoms with van der Waals surface area (Å²) in [6.45, 7) is 18.5. The molecule has 0 aliphatic carbocycles. The summed E-state index contributed by atoms with van der Waals surface area (Å²) in [6, 6.07) is 0. The molecule has 0 spiro atoms. The first-order valence-electron chi connectivity index (χ1n) is 7.27. The maximum atomic E-state index is 10.8. The molecular formula is C17H33O2P. The number of rotatable bonds is 6. The summed E-state index contributed by atoms with van der Waals surface area (Å²) in [5.41, 5.74) is -1.02. The Morgan fingerprint density at radius 2 is 1.70 bits per heavy atom. The van der Waals surface area contributed by atoms with Gasteiger partial charge >= 0.3 is 0 Å². The van der Waals surface area contributed by atoms with Crippen LogP contribution in [0.1, 0.15) is 54.9 Å².